The summed E-state index contributed by atoms with van der Waals surface area (Å²) in [6.07, 6.45) is -0.473. The van der Waals surface area contributed by atoms with Crippen molar-refractivity contribution >= 4 is 38.8 Å². The van der Waals surface area contributed by atoms with E-state index in [4.69, 9.17) is 11.6 Å². The Hall–Kier alpha value is -2.96. The van der Waals surface area contributed by atoms with Gasteiger partial charge in [-0.05, 0) is 69.3 Å². The van der Waals surface area contributed by atoms with E-state index in [1.165, 1.54) is 41.3 Å². The number of halogens is 1. The van der Waals surface area contributed by atoms with E-state index in [-0.39, 0.29) is 10.5 Å². The molecule has 0 bridgehead atoms. The normalized spacial score (nSPS) is 12.2. The highest BCUT2D eigenvalue weighted by Gasteiger charge is 2.37. The van der Waals surface area contributed by atoms with Crippen LogP contribution in [0.25, 0.3) is 0 Å². The number of carbonyl (C=O) groups excluding carboxylic acids is 2. The molecule has 3 rings (SSSR count). The Kier molecular flexibility index (Phi) is 7.72. The fourth-order valence-electron chi connectivity index (χ4n) is 3.53. The maximum absolute atomic E-state index is 13.5. The molecule has 172 valence electrons. The third-order valence-electron chi connectivity index (χ3n) is 5.47. The fraction of sp³-hybridized carbons (Fsp3) is 0.231. The Balaban J connectivity index is 2.01. The molecule has 1 atom stereocenters. The zero-order valence-corrected chi connectivity index (χ0v) is 20.4. The minimum atomic E-state index is -4.13. The molecule has 0 spiro atoms. The molecule has 0 fully saturated rings. The molecule has 5 nitrogen and oxygen atoms in total. The molecular weight excluding hydrogens is 458 g/mol. The first-order chi connectivity index (χ1) is 15.6. The summed E-state index contributed by atoms with van der Waals surface area (Å²) >= 11 is 5.93. The predicted octanol–water partition coefficient (Wildman–Crippen LogP) is 5.43. The summed E-state index contributed by atoms with van der Waals surface area (Å²) in [6, 6.07) is 19.6. The first kappa shape index (κ1) is 24.7. The zero-order valence-electron chi connectivity index (χ0n) is 18.8. The summed E-state index contributed by atoms with van der Waals surface area (Å²) in [5.41, 5.74) is 2.77. The number of hydrogen-bond donors (Lipinski definition) is 0. The van der Waals surface area contributed by atoms with Gasteiger partial charge < -0.3 is 4.90 Å². The minimum Gasteiger partial charge on any atom is -0.313 e. The highest BCUT2D eigenvalue weighted by Crippen LogP contribution is 2.25. The van der Waals surface area contributed by atoms with Gasteiger partial charge in [0, 0.05) is 22.8 Å². The second-order valence-corrected chi connectivity index (χ2v) is 10.5. The number of ketones is 1. The third kappa shape index (κ3) is 5.70. The predicted molar refractivity (Wildman–Crippen MR) is 132 cm³/mol. The smallest absolute Gasteiger partial charge is 0.228 e. The molecule has 0 saturated heterocycles. The van der Waals surface area contributed by atoms with Gasteiger partial charge in [-0.1, -0.05) is 47.0 Å². The van der Waals surface area contributed by atoms with E-state index in [2.05, 4.69) is 0 Å². The maximum atomic E-state index is 13.5. The van der Waals surface area contributed by atoms with Gasteiger partial charge in [0.15, 0.2) is 15.6 Å². The molecule has 33 heavy (non-hydrogen) atoms. The number of rotatable bonds is 8. The van der Waals surface area contributed by atoms with E-state index in [0.717, 1.165) is 11.1 Å². The highest BCUT2D eigenvalue weighted by molar-refractivity contribution is 7.92. The molecule has 1 unspecified atom stereocenters. The average molecular weight is 484 g/mol. The lowest BCUT2D eigenvalue weighted by Gasteiger charge is -2.24. The highest BCUT2D eigenvalue weighted by atomic mass is 35.5. The van der Waals surface area contributed by atoms with Crippen molar-refractivity contribution in [1.82, 2.24) is 0 Å². The van der Waals surface area contributed by atoms with Crippen molar-refractivity contribution in [1.29, 1.82) is 0 Å². The van der Waals surface area contributed by atoms with Crippen molar-refractivity contribution in [2.24, 2.45) is 0 Å². The zero-order chi connectivity index (χ0) is 24.2. The van der Waals surface area contributed by atoms with Crippen LogP contribution in [0.5, 0.6) is 0 Å². The second-order valence-electron chi connectivity index (χ2n) is 7.90. The fourth-order valence-corrected chi connectivity index (χ4v) is 5.28. The number of aryl methyl sites for hydroxylation is 2. The summed E-state index contributed by atoms with van der Waals surface area (Å²) < 4.78 is 27.1. The van der Waals surface area contributed by atoms with Crippen molar-refractivity contribution in [2.45, 2.75) is 37.3 Å². The van der Waals surface area contributed by atoms with E-state index in [1.807, 2.05) is 32.9 Å². The van der Waals surface area contributed by atoms with Crippen LogP contribution in [0.15, 0.2) is 77.7 Å². The van der Waals surface area contributed by atoms with Crippen LogP contribution in [-0.2, 0) is 14.6 Å². The number of amides is 1. The minimum absolute atomic E-state index is 0.00611. The lowest BCUT2D eigenvalue weighted by Crippen LogP contribution is -2.39. The van der Waals surface area contributed by atoms with Crippen LogP contribution in [0, 0.1) is 13.8 Å². The molecular formula is C26H26ClNO4S. The van der Waals surface area contributed by atoms with Crippen molar-refractivity contribution in [3.8, 4) is 0 Å². The molecule has 0 heterocycles. The van der Waals surface area contributed by atoms with E-state index >= 15 is 0 Å². The van der Waals surface area contributed by atoms with Gasteiger partial charge in [0.25, 0.3) is 0 Å². The number of nitrogens with zero attached hydrogens (tertiary/aromatic N) is 1. The van der Waals surface area contributed by atoms with Gasteiger partial charge in [-0.3, -0.25) is 9.59 Å². The van der Waals surface area contributed by atoms with Crippen LogP contribution in [0.2, 0.25) is 5.02 Å². The van der Waals surface area contributed by atoms with Crippen LogP contribution in [0.4, 0.5) is 5.69 Å². The second kappa shape index (κ2) is 10.3. The number of hydrogen-bond acceptors (Lipinski definition) is 4. The lowest BCUT2D eigenvalue weighted by atomic mass is 10.1. The van der Waals surface area contributed by atoms with Crippen molar-refractivity contribution in [3.05, 3.63) is 94.5 Å². The van der Waals surface area contributed by atoms with Crippen LogP contribution in [0.3, 0.4) is 0 Å². The Bertz CT molecular complexity index is 1230. The van der Waals surface area contributed by atoms with E-state index in [1.54, 1.807) is 24.3 Å². The van der Waals surface area contributed by atoms with Gasteiger partial charge in [-0.25, -0.2) is 8.42 Å². The molecule has 7 heteroatoms. The Morgan fingerprint density at radius 3 is 1.88 bits per heavy atom. The van der Waals surface area contributed by atoms with Crippen LogP contribution in [0.1, 0.15) is 34.8 Å². The van der Waals surface area contributed by atoms with Gasteiger partial charge in [0.2, 0.25) is 5.91 Å². The van der Waals surface area contributed by atoms with Crippen LogP contribution < -0.4 is 4.90 Å². The number of anilines is 1. The van der Waals surface area contributed by atoms with Gasteiger partial charge in [0.1, 0.15) is 5.25 Å². The molecule has 0 aliphatic heterocycles. The lowest BCUT2D eigenvalue weighted by molar-refractivity contribution is -0.118. The molecule has 0 aliphatic carbocycles. The summed E-state index contributed by atoms with van der Waals surface area (Å²) in [5.74, 6) is -1.08. The quantitative estimate of drug-likeness (QED) is 0.401. The molecule has 0 aliphatic rings. The third-order valence-corrected chi connectivity index (χ3v) is 7.78. The Morgan fingerprint density at radius 1 is 0.848 bits per heavy atom. The number of benzene rings is 3. The van der Waals surface area contributed by atoms with Gasteiger partial charge >= 0.3 is 0 Å². The standard InChI is InChI=1S/C26H26ClNO4S/c1-4-28(22-13-5-18(2)6-14-22)25(29)17-24(26(30)20-9-11-21(27)12-10-20)33(31,32)23-15-7-19(3)8-16-23/h5-16,24H,4,17H2,1-3H3. The summed E-state index contributed by atoms with van der Waals surface area (Å²) in [7, 11) is -4.13. The van der Waals surface area contributed by atoms with Crippen LogP contribution in [-0.4, -0.2) is 31.9 Å². The van der Waals surface area contributed by atoms with E-state index in [0.29, 0.717) is 17.3 Å². The number of carbonyl (C=O) groups is 2. The summed E-state index contributed by atoms with van der Waals surface area (Å²) in [5, 5.41) is -1.13. The van der Waals surface area contributed by atoms with E-state index in [9.17, 15) is 18.0 Å². The largest absolute Gasteiger partial charge is 0.313 e. The maximum Gasteiger partial charge on any atom is 0.228 e. The van der Waals surface area contributed by atoms with Crippen molar-refractivity contribution in [2.75, 3.05) is 11.4 Å². The van der Waals surface area contributed by atoms with Gasteiger partial charge in [-0.15, -0.1) is 0 Å². The topological polar surface area (TPSA) is 71.5 Å². The molecule has 1 amide bonds. The number of Topliss-reactive ketones (excluding diaryl/α,β-unsaturated/α-hetero) is 1. The Labute approximate surface area is 199 Å². The Morgan fingerprint density at radius 2 is 1.36 bits per heavy atom. The summed E-state index contributed by atoms with van der Waals surface area (Å²) in [6.45, 7) is 5.93. The molecule has 0 N–H and O–H groups in total. The molecule has 0 radical (unpaired) electrons. The first-order valence-corrected chi connectivity index (χ1v) is 12.5. The van der Waals surface area contributed by atoms with Gasteiger partial charge in [-0.2, -0.15) is 0 Å². The van der Waals surface area contributed by atoms with Crippen molar-refractivity contribution in [3.63, 3.8) is 0 Å². The average Bonchev–Trinajstić information content (AvgIpc) is 2.79. The number of sulfone groups is 1. The van der Waals surface area contributed by atoms with Crippen LogP contribution >= 0.6 is 11.6 Å². The monoisotopic (exact) mass is 483 g/mol. The molecule has 3 aromatic carbocycles. The van der Waals surface area contributed by atoms with Gasteiger partial charge in [0.05, 0.1) is 11.3 Å². The summed E-state index contributed by atoms with van der Waals surface area (Å²) in [4.78, 5) is 28.2. The molecule has 0 aromatic heterocycles. The molecule has 0 saturated carbocycles. The first-order valence-electron chi connectivity index (χ1n) is 10.6. The SMILES string of the molecule is CCN(C(=O)CC(C(=O)c1ccc(Cl)cc1)S(=O)(=O)c1ccc(C)cc1)c1ccc(C)cc1. The van der Waals surface area contributed by atoms with Crippen molar-refractivity contribution < 1.29 is 18.0 Å². The van der Waals surface area contributed by atoms with E-state index < -0.39 is 33.2 Å². The molecule has 3 aromatic rings.